The fraction of sp³-hybridized carbons (Fsp3) is 0.367. The van der Waals surface area contributed by atoms with Crippen LogP contribution in [0.25, 0.3) is 0 Å². The number of para-hydroxylation sites is 1. The lowest BCUT2D eigenvalue weighted by Gasteiger charge is -2.23. The molecule has 6 heteroatoms. The van der Waals surface area contributed by atoms with Crippen LogP contribution in [0.5, 0.6) is 5.75 Å². The summed E-state index contributed by atoms with van der Waals surface area (Å²) in [5.74, 6) is 0.789. The normalized spacial score (nSPS) is 16.5. The predicted octanol–water partition coefficient (Wildman–Crippen LogP) is 6.54. The third-order valence-electron chi connectivity index (χ3n) is 6.38. The number of carbonyl (C=O) groups is 1. The van der Waals surface area contributed by atoms with Crippen molar-refractivity contribution in [1.82, 2.24) is 4.31 Å². The summed E-state index contributed by atoms with van der Waals surface area (Å²) in [7, 11) is 1.70. The molecule has 0 aliphatic carbocycles. The molecule has 0 aromatic heterocycles. The minimum atomic E-state index is -0.187. The number of rotatable bonds is 10. The molecule has 190 valence electrons. The lowest BCUT2D eigenvalue weighted by Crippen LogP contribution is -2.27. The maximum atomic E-state index is 12.7. The van der Waals surface area contributed by atoms with Gasteiger partial charge in [-0.2, -0.15) is 0 Å². The lowest BCUT2D eigenvalue weighted by molar-refractivity contribution is -0.145. The molecular formula is C30H35NO4S. The van der Waals surface area contributed by atoms with Crippen molar-refractivity contribution in [2.45, 2.75) is 56.8 Å². The van der Waals surface area contributed by atoms with E-state index in [2.05, 4.69) is 42.4 Å². The average molecular weight is 506 g/mol. The van der Waals surface area contributed by atoms with E-state index in [-0.39, 0.29) is 18.0 Å². The first kappa shape index (κ1) is 26.3. The molecular weight excluding hydrogens is 470 g/mol. The second kappa shape index (κ2) is 12.9. The third-order valence-corrected chi connectivity index (χ3v) is 7.45. The van der Waals surface area contributed by atoms with Gasteiger partial charge in [0.1, 0.15) is 18.5 Å². The van der Waals surface area contributed by atoms with Gasteiger partial charge in [0.15, 0.2) is 0 Å². The zero-order valence-electron chi connectivity index (χ0n) is 21.3. The third kappa shape index (κ3) is 7.36. The first-order chi connectivity index (χ1) is 17.5. The number of ether oxygens (including phenoxy) is 3. The van der Waals surface area contributed by atoms with Gasteiger partial charge in [0.25, 0.3) is 0 Å². The number of fused-ring (bicyclic) bond motifs is 1. The Morgan fingerprint density at radius 1 is 1.11 bits per heavy atom. The van der Waals surface area contributed by atoms with E-state index in [1.165, 1.54) is 11.1 Å². The highest BCUT2D eigenvalue weighted by Gasteiger charge is 2.23. The molecule has 0 saturated carbocycles. The zero-order chi connectivity index (χ0) is 25.3. The van der Waals surface area contributed by atoms with Crippen molar-refractivity contribution in [3.05, 3.63) is 95.1 Å². The monoisotopic (exact) mass is 505 g/mol. The number of methoxy groups -OCH3 is 1. The maximum Gasteiger partial charge on any atom is 0.306 e. The van der Waals surface area contributed by atoms with Gasteiger partial charge in [-0.15, -0.1) is 0 Å². The minimum Gasteiger partial charge on any atom is -0.488 e. The Hall–Kier alpha value is -2.80. The highest BCUT2D eigenvalue weighted by atomic mass is 32.2. The zero-order valence-corrected chi connectivity index (χ0v) is 22.1. The van der Waals surface area contributed by atoms with E-state index in [9.17, 15) is 4.79 Å². The van der Waals surface area contributed by atoms with Crippen molar-refractivity contribution < 1.29 is 19.0 Å². The molecule has 1 unspecified atom stereocenters. The summed E-state index contributed by atoms with van der Waals surface area (Å²) >= 11 is 1.74. The van der Waals surface area contributed by atoms with Crippen LogP contribution in [0.2, 0.25) is 0 Å². The fourth-order valence-corrected chi connectivity index (χ4v) is 5.50. The van der Waals surface area contributed by atoms with Gasteiger partial charge in [-0.3, -0.25) is 4.79 Å². The number of hydrogen-bond donors (Lipinski definition) is 0. The van der Waals surface area contributed by atoms with Gasteiger partial charge in [-0.05, 0) is 72.5 Å². The van der Waals surface area contributed by atoms with Gasteiger partial charge >= 0.3 is 5.97 Å². The van der Waals surface area contributed by atoms with Gasteiger partial charge in [-0.25, -0.2) is 4.31 Å². The van der Waals surface area contributed by atoms with Gasteiger partial charge in [0.2, 0.25) is 0 Å². The van der Waals surface area contributed by atoms with E-state index in [0.29, 0.717) is 19.6 Å². The van der Waals surface area contributed by atoms with Crippen LogP contribution in [0.3, 0.4) is 0 Å². The maximum absolute atomic E-state index is 12.7. The van der Waals surface area contributed by atoms with Gasteiger partial charge < -0.3 is 14.2 Å². The van der Waals surface area contributed by atoms with E-state index < -0.39 is 0 Å². The molecule has 0 N–H and O–H groups in total. The van der Waals surface area contributed by atoms with Crippen molar-refractivity contribution in [1.29, 1.82) is 0 Å². The predicted molar refractivity (Wildman–Crippen MR) is 144 cm³/mol. The summed E-state index contributed by atoms with van der Waals surface area (Å²) in [6.45, 7) is 6.76. The molecule has 3 aromatic rings. The summed E-state index contributed by atoms with van der Waals surface area (Å²) in [5, 5.41) is 0. The van der Waals surface area contributed by atoms with Crippen LogP contribution in [-0.4, -0.2) is 36.6 Å². The van der Waals surface area contributed by atoms with E-state index in [1.807, 2.05) is 48.5 Å². The standard InChI is InChI=1S/C30H35NO4S/c1-22-13-14-25(26(15-16-33-3)18-30(32)34-21-24-9-5-4-6-10-24)17-27(22)20-31-19-23(2)35-28-11-7-8-12-29(28)36-31/h4-14,17,23,26H,15-16,18-21H2,1-3H3/t23-,26?/m1/s1. The van der Waals surface area contributed by atoms with Crippen molar-refractivity contribution in [2.75, 3.05) is 20.3 Å². The molecule has 36 heavy (non-hydrogen) atoms. The second-order valence-corrected chi connectivity index (χ2v) is 10.4. The van der Waals surface area contributed by atoms with Crippen LogP contribution in [0.15, 0.2) is 77.7 Å². The SMILES string of the molecule is COCCC(CC(=O)OCc1ccccc1)c1ccc(C)c(CN2C[C@@H](C)Oc3ccccc3S2)c1. The van der Waals surface area contributed by atoms with Gasteiger partial charge in [0.05, 0.1) is 11.3 Å². The highest BCUT2D eigenvalue weighted by molar-refractivity contribution is 7.97. The van der Waals surface area contributed by atoms with Crippen LogP contribution in [0, 0.1) is 6.92 Å². The van der Waals surface area contributed by atoms with Crippen LogP contribution < -0.4 is 4.74 Å². The van der Waals surface area contributed by atoms with E-state index in [4.69, 9.17) is 14.2 Å². The molecule has 0 radical (unpaired) electrons. The summed E-state index contributed by atoms with van der Waals surface area (Å²) in [4.78, 5) is 13.9. The molecule has 1 aliphatic rings. The Morgan fingerprint density at radius 2 is 1.89 bits per heavy atom. The largest absolute Gasteiger partial charge is 0.488 e. The average Bonchev–Trinajstić information content (AvgIpc) is 3.04. The van der Waals surface area contributed by atoms with Crippen molar-refractivity contribution in [2.24, 2.45) is 0 Å². The smallest absolute Gasteiger partial charge is 0.306 e. The second-order valence-electron chi connectivity index (χ2n) is 9.30. The molecule has 4 rings (SSSR count). The summed E-state index contributed by atoms with van der Waals surface area (Å²) in [6, 6.07) is 24.5. The first-order valence-electron chi connectivity index (χ1n) is 12.5. The molecule has 1 aliphatic heterocycles. The summed E-state index contributed by atoms with van der Waals surface area (Å²) < 4.78 is 19.4. The quantitative estimate of drug-likeness (QED) is 0.230. The van der Waals surface area contributed by atoms with Gasteiger partial charge in [-0.1, -0.05) is 60.7 Å². The number of nitrogens with zero attached hydrogens (tertiary/aromatic N) is 1. The Morgan fingerprint density at radius 3 is 2.69 bits per heavy atom. The summed E-state index contributed by atoms with van der Waals surface area (Å²) in [6.07, 6.45) is 1.18. The number of benzene rings is 3. The molecule has 0 saturated heterocycles. The van der Waals surface area contributed by atoms with Crippen LogP contribution in [-0.2, 0) is 27.4 Å². The topological polar surface area (TPSA) is 48.0 Å². The molecule has 0 fully saturated rings. The first-order valence-corrected chi connectivity index (χ1v) is 13.3. The fourth-order valence-electron chi connectivity index (χ4n) is 4.39. The van der Waals surface area contributed by atoms with Crippen molar-refractivity contribution in [3.8, 4) is 5.75 Å². The van der Waals surface area contributed by atoms with Crippen LogP contribution in [0.4, 0.5) is 0 Å². The Labute approximate surface area is 218 Å². The number of hydrogen-bond acceptors (Lipinski definition) is 6. The molecule has 5 nitrogen and oxygen atoms in total. The number of aryl methyl sites for hydroxylation is 1. The van der Waals surface area contributed by atoms with Crippen molar-refractivity contribution >= 4 is 17.9 Å². The molecule has 2 atom stereocenters. The Bertz CT molecular complexity index is 1140. The molecule has 0 spiro atoms. The lowest BCUT2D eigenvalue weighted by atomic mass is 9.90. The minimum absolute atomic E-state index is 0.0346. The van der Waals surface area contributed by atoms with Crippen LogP contribution >= 0.6 is 11.9 Å². The summed E-state index contributed by atoms with van der Waals surface area (Å²) in [5.41, 5.74) is 4.63. The van der Waals surface area contributed by atoms with Crippen molar-refractivity contribution in [3.63, 3.8) is 0 Å². The van der Waals surface area contributed by atoms with E-state index >= 15 is 0 Å². The number of esters is 1. The number of carbonyl (C=O) groups excluding carboxylic acids is 1. The molecule has 3 aromatic carbocycles. The molecule has 0 amide bonds. The molecule has 1 heterocycles. The molecule has 0 bridgehead atoms. The Kier molecular flexibility index (Phi) is 9.45. The van der Waals surface area contributed by atoms with E-state index in [1.54, 1.807) is 19.1 Å². The Balaban J connectivity index is 1.47. The van der Waals surface area contributed by atoms with Gasteiger partial charge in [0, 0.05) is 26.8 Å². The van der Waals surface area contributed by atoms with Crippen LogP contribution in [0.1, 0.15) is 47.9 Å². The van der Waals surface area contributed by atoms with E-state index in [0.717, 1.165) is 41.3 Å². The highest BCUT2D eigenvalue weighted by Crippen LogP contribution is 2.37.